The van der Waals surface area contributed by atoms with Crippen LogP contribution in [0.1, 0.15) is 60.7 Å². The molecule has 110 valence electrons. The third kappa shape index (κ3) is 5.43. The second kappa shape index (κ2) is 7.68. The van der Waals surface area contributed by atoms with E-state index >= 15 is 0 Å². The molecule has 1 aromatic carbocycles. The Bertz CT molecular complexity index is 469. The summed E-state index contributed by atoms with van der Waals surface area (Å²) in [6.07, 6.45) is 3.16. The summed E-state index contributed by atoms with van der Waals surface area (Å²) in [7, 11) is 0. The van der Waals surface area contributed by atoms with E-state index in [0.29, 0.717) is 11.5 Å². The molecule has 0 aromatic heterocycles. The fourth-order valence-corrected chi connectivity index (χ4v) is 2.01. The van der Waals surface area contributed by atoms with E-state index in [1.165, 1.54) is 12.1 Å². The van der Waals surface area contributed by atoms with E-state index in [1.807, 2.05) is 6.92 Å². The zero-order valence-electron chi connectivity index (χ0n) is 12.3. The average molecular weight is 277 g/mol. The number of rotatable bonds is 7. The van der Waals surface area contributed by atoms with Gasteiger partial charge in [0.25, 0.3) is 5.91 Å². The number of aromatic carboxylic acids is 1. The Morgan fingerprint density at radius 2 is 1.80 bits per heavy atom. The van der Waals surface area contributed by atoms with E-state index in [-0.39, 0.29) is 17.5 Å². The summed E-state index contributed by atoms with van der Waals surface area (Å²) in [5, 5.41) is 11.8. The first-order chi connectivity index (χ1) is 9.40. The summed E-state index contributed by atoms with van der Waals surface area (Å²) in [6.45, 7) is 6.33. The number of hydrogen-bond acceptors (Lipinski definition) is 2. The Hall–Kier alpha value is -1.84. The zero-order chi connectivity index (χ0) is 15.1. The lowest BCUT2D eigenvalue weighted by Crippen LogP contribution is -2.32. The minimum atomic E-state index is -1.02. The lowest BCUT2D eigenvalue weighted by atomic mass is 10.0. The maximum Gasteiger partial charge on any atom is 0.335 e. The van der Waals surface area contributed by atoms with Crippen molar-refractivity contribution in [1.29, 1.82) is 0 Å². The number of carboxylic acids is 1. The molecule has 1 amide bonds. The SMILES string of the molecule is CC(C)CCCC(C)NC(=O)c1cccc(C(=O)O)c1. The summed E-state index contributed by atoms with van der Waals surface area (Å²) in [4.78, 5) is 22.9. The predicted octanol–water partition coefficient (Wildman–Crippen LogP) is 3.33. The van der Waals surface area contributed by atoms with Crippen LogP contribution in [-0.4, -0.2) is 23.0 Å². The second-order valence-corrected chi connectivity index (χ2v) is 5.59. The van der Waals surface area contributed by atoms with Gasteiger partial charge in [0.05, 0.1) is 5.56 Å². The Morgan fingerprint density at radius 3 is 2.40 bits per heavy atom. The van der Waals surface area contributed by atoms with Crippen molar-refractivity contribution < 1.29 is 14.7 Å². The quantitative estimate of drug-likeness (QED) is 0.803. The number of nitrogens with one attached hydrogen (secondary N) is 1. The van der Waals surface area contributed by atoms with Gasteiger partial charge in [-0.1, -0.05) is 32.8 Å². The van der Waals surface area contributed by atoms with Gasteiger partial charge < -0.3 is 10.4 Å². The Labute approximate surface area is 120 Å². The number of amides is 1. The molecule has 0 saturated heterocycles. The molecule has 0 aliphatic carbocycles. The van der Waals surface area contributed by atoms with Crippen LogP contribution >= 0.6 is 0 Å². The van der Waals surface area contributed by atoms with E-state index < -0.39 is 5.97 Å². The highest BCUT2D eigenvalue weighted by atomic mass is 16.4. The third-order valence-corrected chi connectivity index (χ3v) is 3.17. The van der Waals surface area contributed by atoms with Crippen molar-refractivity contribution in [3.8, 4) is 0 Å². The van der Waals surface area contributed by atoms with Crippen LogP contribution in [-0.2, 0) is 0 Å². The minimum absolute atomic E-state index is 0.0923. The van der Waals surface area contributed by atoms with Gasteiger partial charge in [0.2, 0.25) is 0 Å². The summed E-state index contributed by atoms with van der Waals surface area (Å²) in [5.74, 6) is -0.570. The van der Waals surface area contributed by atoms with Gasteiger partial charge in [-0.3, -0.25) is 4.79 Å². The lowest BCUT2D eigenvalue weighted by Gasteiger charge is -2.14. The molecule has 0 radical (unpaired) electrons. The molecular weight excluding hydrogens is 254 g/mol. The number of hydrogen-bond donors (Lipinski definition) is 2. The molecule has 4 nitrogen and oxygen atoms in total. The molecule has 0 saturated carbocycles. The van der Waals surface area contributed by atoms with Crippen LogP contribution in [0.5, 0.6) is 0 Å². The topological polar surface area (TPSA) is 66.4 Å². The van der Waals surface area contributed by atoms with Crippen LogP contribution in [0, 0.1) is 5.92 Å². The normalized spacial score (nSPS) is 12.2. The standard InChI is InChI=1S/C16H23NO3/c1-11(2)6-4-7-12(3)17-15(18)13-8-5-9-14(10-13)16(19)20/h5,8-12H,4,6-7H2,1-3H3,(H,17,18)(H,19,20). The largest absolute Gasteiger partial charge is 0.478 e. The van der Waals surface area contributed by atoms with E-state index in [1.54, 1.807) is 12.1 Å². The van der Waals surface area contributed by atoms with Crippen molar-refractivity contribution in [1.82, 2.24) is 5.32 Å². The predicted molar refractivity (Wildman–Crippen MR) is 79.0 cm³/mol. The van der Waals surface area contributed by atoms with Crippen molar-refractivity contribution in [3.63, 3.8) is 0 Å². The number of benzene rings is 1. The molecule has 2 N–H and O–H groups in total. The summed E-state index contributed by atoms with van der Waals surface area (Å²) in [6, 6.07) is 6.18. The molecule has 1 unspecified atom stereocenters. The highest BCUT2D eigenvalue weighted by Crippen LogP contribution is 2.10. The monoisotopic (exact) mass is 277 g/mol. The van der Waals surface area contributed by atoms with Crippen LogP contribution < -0.4 is 5.32 Å². The fraction of sp³-hybridized carbons (Fsp3) is 0.500. The van der Waals surface area contributed by atoms with Gasteiger partial charge >= 0.3 is 5.97 Å². The second-order valence-electron chi connectivity index (χ2n) is 5.59. The van der Waals surface area contributed by atoms with Crippen molar-refractivity contribution in [3.05, 3.63) is 35.4 Å². The zero-order valence-corrected chi connectivity index (χ0v) is 12.3. The number of carbonyl (C=O) groups excluding carboxylic acids is 1. The van der Waals surface area contributed by atoms with Crippen LogP contribution in [0.25, 0.3) is 0 Å². The van der Waals surface area contributed by atoms with E-state index in [4.69, 9.17) is 5.11 Å². The molecule has 1 rings (SSSR count). The summed E-state index contributed by atoms with van der Waals surface area (Å²) < 4.78 is 0. The highest BCUT2D eigenvalue weighted by molar-refractivity contribution is 5.97. The fourth-order valence-electron chi connectivity index (χ4n) is 2.01. The van der Waals surface area contributed by atoms with Crippen molar-refractivity contribution in [2.45, 2.75) is 46.1 Å². The minimum Gasteiger partial charge on any atom is -0.478 e. The van der Waals surface area contributed by atoms with E-state index in [0.717, 1.165) is 19.3 Å². The first-order valence-corrected chi connectivity index (χ1v) is 7.04. The van der Waals surface area contributed by atoms with Gasteiger partial charge in [-0.15, -0.1) is 0 Å². The van der Waals surface area contributed by atoms with Crippen molar-refractivity contribution >= 4 is 11.9 Å². The average Bonchev–Trinajstić information content (AvgIpc) is 2.38. The van der Waals surface area contributed by atoms with E-state index in [2.05, 4.69) is 19.2 Å². The Balaban J connectivity index is 2.53. The lowest BCUT2D eigenvalue weighted by molar-refractivity contribution is 0.0697. The van der Waals surface area contributed by atoms with Gasteiger partial charge in [-0.25, -0.2) is 4.79 Å². The summed E-state index contributed by atoms with van der Waals surface area (Å²) in [5.41, 5.74) is 0.519. The first kappa shape index (κ1) is 16.2. The first-order valence-electron chi connectivity index (χ1n) is 7.04. The molecule has 0 fully saturated rings. The molecule has 20 heavy (non-hydrogen) atoms. The van der Waals surface area contributed by atoms with Gasteiger partial charge in [0, 0.05) is 11.6 Å². The van der Waals surface area contributed by atoms with Gasteiger partial charge in [-0.05, 0) is 37.5 Å². The van der Waals surface area contributed by atoms with Crippen LogP contribution in [0.4, 0.5) is 0 Å². The van der Waals surface area contributed by atoms with Gasteiger partial charge in [0.1, 0.15) is 0 Å². The smallest absolute Gasteiger partial charge is 0.335 e. The molecule has 0 aliphatic heterocycles. The van der Waals surface area contributed by atoms with Crippen LogP contribution in [0.15, 0.2) is 24.3 Å². The Morgan fingerprint density at radius 1 is 1.15 bits per heavy atom. The third-order valence-electron chi connectivity index (χ3n) is 3.17. The van der Waals surface area contributed by atoms with E-state index in [9.17, 15) is 9.59 Å². The summed E-state index contributed by atoms with van der Waals surface area (Å²) >= 11 is 0. The van der Waals surface area contributed by atoms with Gasteiger partial charge in [0.15, 0.2) is 0 Å². The molecule has 1 aromatic rings. The molecule has 0 bridgehead atoms. The molecule has 0 spiro atoms. The molecular formula is C16H23NO3. The Kier molecular flexibility index (Phi) is 6.22. The molecule has 1 atom stereocenters. The van der Waals surface area contributed by atoms with Gasteiger partial charge in [-0.2, -0.15) is 0 Å². The number of carboxylic acid groups (broad SMARTS) is 1. The maximum absolute atomic E-state index is 12.0. The van der Waals surface area contributed by atoms with Crippen LogP contribution in [0.3, 0.4) is 0 Å². The van der Waals surface area contributed by atoms with Crippen molar-refractivity contribution in [2.75, 3.05) is 0 Å². The molecule has 0 aliphatic rings. The molecule has 0 heterocycles. The number of carbonyl (C=O) groups is 2. The molecule has 4 heteroatoms. The maximum atomic E-state index is 12.0. The van der Waals surface area contributed by atoms with Crippen molar-refractivity contribution in [2.24, 2.45) is 5.92 Å². The highest BCUT2D eigenvalue weighted by Gasteiger charge is 2.12. The van der Waals surface area contributed by atoms with Crippen LogP contribution in [0.2, 0.25) is 0 Å².